The topological polar surface area (TPSA) is 49.8 Å². The Bertz CT molecular complexity index is 388. The molecule has 0 spiro atoms. The molecule has 4 heteroatoms. The molecule has 0 radical (unpaired) electrons. The summed E-state index contributed by atoms with van der Waals surface area (Å²) in [4.78, 5) is 13.1. The number of para-hydroxylation sites is 1. The van der Waals surface area contributed by atoms with Gasteiger partial charge in [0.05, 0.1) is 6.10 Å². The molecule has 0 aliphatic heterocycles. The number of hydrogen-bond donors (Lipinski definition) is 1. The molecule has 17 heavy (non-hydrogen) atoms. The van der Waals surface area contributed by atoms with E-state index < -0.39 is 12.2 Å². The fraction of sp³-hybridized carbons (Fsp3) is 0.462. The lowest BCUT2D eigenvalue weighted by Gasteiger charge is -2.20. The lowest BCUT2D eigenvalue weighted by Crippen LogP contribution is -2.35. The zero-order chi connectivity index (χ0) is 13.0. The van der Waals surface area contributed by atoms with Gasteiger partial charge in [-0.2, -0.15) is 0 Å². The van der Waals surface area contributed by atoms with Gasteiger partial charge in [-0.25, -0.2) is 0 Å². The van der Waals surface area contributed by atoms with E-state index in [1.54, 1.807) is 40.1 Å². The van der Waals surface area contributed by atoms with Crippen molar-refractivity contribution in [3.05, 3.63) is 29.8 Å². The average Bonchev–Trinajstić information content (AvgIpc) is 2.28. The van der Waals surface area contributed by atoms with Gasteiger partial charge < -0.3 is 14.7 Å². The van der Waals surface area contributed by atoms with Gasteiger partial charge >= 0.3 is 0 Å². The van der Waals surface area contributed by atoms with Crippen LogP contribution in [0.4, 0.5) is 0 Å². The summed E-state index contributed by atoms with van der Waals surface area (Å²) >= 11 is 0. The number of carbonyl (C=O) groups is 1. The first-order valence-corrected chi connectivity index (χ1v) is 5.58. The molecule has 4 nitrogen and oxygen atoms in total. The van der Waals surface area contributed by atoms with E-state index in [-0.39, 0.29) is 5.91 Å². The molecule has 0 aliphatic rings. The molecule has 1 amide bonds. The lowest BCUT2D eigenvalue weighted by atomic mass is 10.1. The Hall–Kier alpha value is -1.55. The number of aliphatic hydroxyl groups excluding tert-OH is 1. The summed E-state index contributed by atoms with van der Waals surface area (Å²) in [6, 6.07) is 7.18. The van der Waals surface area contributed by atoms with Crippen LogP contribution in [0.5, 0.6) is 5.75 Å². The van der Waals surface area contributed by atoms with E-state index in [0.717, 1.165) is 0 Å². The maximum absolute atomic E-state index is 11.7. The van der Waals surface area contributed by atoms with Gasteiger partial charge in [-0.05, 0) is 19.9 Å². The molecule has 0 fully saturated rings. The monoisotopic (exact) mass is 237 g/mol. The minimum absolute atomic E-state index is 0.106. The summed E-state index contributed by atoms with van der Waals surface area (Å²) < 4.78 is 5.58. The van der Waals surface area contributed by atoms with Crippen LogP contribution >= 0.6 is 0 Å². The van der Waals surface area contributed by atoms with Crippen LogP contribution in [0.25, 0.3) is 0 Å². The van der Waals surface area contributed by atoms with Gasteiger partial charge in [-0.15, -0.1) is 0 Å². The molecule has 2 atom stereocenters. The van der Waals surface area contributed by atoms with E-state index in [4.69, 9.17) is 4.74 Å². The fourth-order valence-corrected chi connectivity index (χ4v) is 1.54. The highest BCUT2D eigenvalue weighted by atomic mass is 16.5. The summed E-state index contributed by atoms with van der Waals surface area (Å²) in [7, 11) is 3.37. The Balaban J connectivity index is 2.85. The van der Waals surface area contributed by atoms with E-state index in [0.29, 0.717) is 11.3 Å². The van der Waals surface area contributed by atoms with Crippen LogP contribution in [0.3, 0.4) is 0 Å². The van der Waals surface area contributed by atoms with Gasteiger partial charge in [0, 0.05) is 19.7 Å². The smallest absolute Gasteiger partial charge is 0.262 e. The molecule has 1 unspecified atom stereocenters. The van der Waals surface area contributed by atoms with Crippen molar-refractivity contribution < 1.29 is 14.6 Å². The zero-order valence-corrected chi connectivity index (χ0v) is 10.7. The van der Waals surface area contributed by atoms with Crippen LogP contribution in [-0.2, 0) is 4.79 Å². The van der Waals surface area contributed by atoms with Crippen LogP contribution in [-0.4, -0.2) is 36.1 Å². The third-order valence-electron chi connectivity index (χ3n) is 2.46. The number of rotatable bonds is 4. The van der Waals surface area contributed by atoms with Crippen LogP contribution in [0.2, 0.25) is 0 Å². The summed E-state index contributed by atoms with van der Waals surface area (Å²) in [6.07, 6.45) is -1.18. The standard InChI is InChI=1S/C13H19NO3/c1-9(15)11-7-5-6-8-12(11)17-10(2)13(16)14(3)4/h5-10,15H,1-4H3/t9-,10?/m1/s1. The molecular weight excluding hydrogens is 218 g/mol. The first-order chi connectivity index (χ1) is 7.93. The van der Waals surface area contributed by atoms with Crippen molar-refractivity contribution in [2.75, 3.05) is 14.1 Å². The number of ether oxygens (including phenoxy) is 1. The number of benzene rings is 1. The van der Waals surface area contributed by atoms with Crippen molar-refractivity contribution >= 4 is 5.91 Å². The summed E-state index contributed by atoms with van der Waals surface area (Å²) in [5.41, 5.74) is 0.686. The van der Waals surface area contributed by atoms with Crippen LogP contribution in [0.15, 0.2) is 24.3 Å². The minimum atomic E-state index is -0.618. The van der Waals surface area contributed by atoms with Crippen molar-refractivity contribution in [1.29, 1.82) is 0 Å². The predicted octanol–water partition coefficient (Wildman–Crippen LogP) is 1.60. The van der Waals surface area contributed by atoms with Crippen molar-refractivity contribution in [3.63, 3.8) is 0 Å². The predicted molar refractivity (Wildman–Crippen MR) is 65.9 cm³/mol. The molecule has 0 aliphatic carbocycles. The first-order valence-electron chi connectivity index (χ1n) is 5.58. The van der Waals surface area contributed by atoms with Gasteiger partial charge in [0.2, 0.25) is 0 Å². The maximum Gasteiger partial charge on any atom is 0.262 e. The molecule has 1 rings (SSSR count). The summed E-state index contributed by atoms with van der Waals surface area (Å²) in [5.74, 6) is 0.440. The van der Waals surface area contributed by atoms with Crippen molar-refractivity contribution in [3.8, 4) is 5.75 Å². The highest BCUT2D eigenvalue weighted by Crippen LogP contribution is 2.25. The SMILES string of the molecule is CC(Oc1ccccc1[C@@H](C)O)C(=O)N(C)C. The number of carbonyl (C=O) groups excluding carboxylic acids is 1. The third kappa shape index (κ3) is 3.46. The molecule has 0 heterocycles. The average molecular weight is 237 g/mol. The molecule has 0 saturated carbocycles. The van der Waals surface area contributed by atoms with Gasteiger partial charge in [0.1, 0.15) is 5.75 Å². The number of aliphatic hydroxyl groups is 1. The second kappa shape index (κ2) is 5.68. The van der Waals surface area contributed by atoms with Gasteiger partial charge in [0.15, 0.2) is 6.10 Å². The second-order valence-corrected chi connectivity index (χ2v) is 4.21. The van der Waals surface area contributed by atoms with E-state index in [9.17, 15) is 9.90 Å². The lowest BCUT2D eigenvalue weighted by molar-refractivity contribution is -0.135. The molecule has 1 aromatic rings. The van der Waals surface area contributed by atoms with Crippen molar-refractivity contribution in [1.82, 2.24) is 4.90 Å². The number of likely N-dealkylation sites (N-methyl/N-ethyl adjacent to an activating group) is 1. The molecule has 1 aromatic carbocycles. The normalized spacial score (nSPS) is 13.9. The Morgan fingerprint density at radius 3 is 2.41 bits per heavy atom. The summed E-state index contributed by atoms with van der Waals surface area (Å²) in [6.45, 7) is 3.36. The maximum atomic E-state index is 11.7. The van der Waals surface area contributed by atoms with Gasteiger partial charge in [-0.3, -0.25) is 4.79 Å². The van der Waals surface area contributed by atoms with E-state index in [2.05, 4.69) is 0 Å². The highest BCUT2D eigenvalue weighted by Gasteiger charge is 2.18. The van der Waals surface area contributed by atoms with Crippen LogP contribution in [0.1, 0.15) is 25.5 Å². The van der Waals surface area contributed by atoms with E-state index >= 15 is 0 Å². The zero-order valence-electron chi connectivity index (χ0n) is 10.7. The number of amides is 1. The largest absolute Gasteiger partial charge is 0.481 e. The molecular formula is C13H19NO3. The van der Waals surface area contributed by atoms with E-state index in [1.807, 2.05) is 12.1 Å². The minimum Gasteiger partial charge on any atom is -0.481 e. The number of nitrogens with zero attached hydrogens (tertiary/aromatic N) is 1. The second-order valence-electron chi connectivity index (χ2n) is 4.21. The van der Waals surface area contributed by atoms with Crippen molar-refractivity contribution in [2.45, 2.75) is 26.1 Å². The fourth-order valence-electron chi connectivity index (χ4n) is 1.54. The Labute approximate surface area is 102 Å². The van der Waals surface area contributed by atoms with Crippen LogP contribution in [0, 0.1) is 0 Å². The Morgan fingerprint density at radius 2 is 1.88 bits per heavy atom. The molecule has 0 bridgehead atoms. The molecule has 1 N–H and O–H groups in total. The quantitative estimate of drug-likeness (QED) is 0.865. The Kier molecular flexibility index (Phi) is 4.52. The van der Waals surface area contributed by atoms with E-state index in [1.165, 1.54) is 4.90 Å². The molecule has 0 aromatic heterocycles. The van der Waals surface area contributed by atoms with Gasteiger partial charge in [0.25, 0.3) is 5.91 Å². The molecule has 0 saturated heterocycles. The third-order valence-corrected chi connectivity index (χ3v) is 2.46. The molecule has 94 valence electrons. The Morgan fingerprint density at radius 1 is 1.29 bits per heavy atom. The van der Waals surface area contributed by atoms with Crippen molar-refractivity contribution in [2.24, 2.45) is 0 Å². The first kappa shape index (κ1) is 13.5. The van der Waals surface area contributed by atoms with Gasteiger partial charge in [-0.1, -0.05) is 18.2 Å². The summed E-state index contributed by atoms with van der Waals surface area (Å²) in [5, 5.41) is 9.59. The van der Waals surface area contributed by atoms with Crippen LogP contribution < -0.4 is 4.74 Å². The highest BCUT2D eigenvalue weighted by molar-refractivity contribution is 5.80. The number of hydrogen-bond acceptors (Lipinski definition) is 3.